The maximum absolute atomic E-state index is 4.40. The normalized spacial score (nSPS) is 26.6. The van der Waals surface area contributed by atoms with Crippen molar-refractivity contribution < 1.29 is 0 Å². The quantitative estimate of drug-likeness (QED) is 0.586. The van der Waals surface area contributed by atoms with Gasteiger partial charge in [0.2, 0.25) is 0 Å². The van der Waals surface area contributed by atoms with Crippen LogP contribution in [0.2, 0.25) is 0 Å². The molecule has 1 atom stereocenters. The van der Waals surface area contributed by atoms with Gasteiger partial charge in [0, 0.05) is 26.2 Å². The molecule has 1 aliphatic heterocycles. The molecule has 2 rings (SSSR count). The summed E-state index contributed by atoms with van der Waals surface area (Å²) < 4.78 is 0. The number of nitrogens with one attached hydrogen (secondary N) is 1. The molecular weight excluding hydrogens is 198 g/mol. The summed E-state index contributed by atoms with van der Waals surface area (Å²) >= 11 is 0. The van der Waals surface area contributed by atoms with Gasteiger partial charge in [0.1, 0.15) is 0 Å². The van der Waals surface area contributed by atoms with Crippen LogP contribution in [0.1, 0.15) is 39.5 Å². The Morgan fingerprint density at radius 1 is 1.38 bits per heavy atom. The first-order valence-corrected chi connectivity index (χ1v) is 6.67. The third-order valence-electron chi connectivity index (χ3n) is 3.51. The van der Waals surface area contributed by atoms with Crippen molar-refractivity contribution in [1.82, 2.24) is 10.2 Å². The van der Waals surface area contributed by atoms with Crippen LogP contribution in [0.15, 0.2) is 4.99 Å². The highest BCUT2D eigenvalue weighted by molar-refractivity contribution is 5.80. The third kappa shape index (κ3) is 3.13. The number of guanidine groups is 1. The maximum atomic E-state index is 4.40. The molecule has 1 aliphatic carbocycles. The lowest BCUT2D eigenvalue weighted by Crippen LogP contribution is -2.41. The Bertz CT molecular complexity index is 256. The molecule has 0 aromatic heterocycles. The largest absolute Gasteiger partial charge is 0.354 e. The maximum Gasteiger partial charge on any atom is 0.193 e. The topological polar surface area (TPSA) is 27.6 Å². The minimum Gasteiger partial charge on any atom is -0.354 e. The Hall–Kier alpha value is -0.730. The number of rotatable bonds is 3. The fraction of sp³-hybridized carbons (Fsp3) is 0.923. The second kappa shape index (κ2) is 5.07. The predicted octanol–water partition coefficient (Wildman–Crippen LogP) is 2.09. The molecule has 16 heavy (non-hydrogen) atoms. The fourth-order valence-electron chi connectivity index (χ4n) is 2.59. The number of aliphatic imine (C=N–C) groups is 1. The predicted molar refractivity (Wildman–Crippen MR) is 68.7 cm³/mol. The van der Waals surface area contributed by atoms with Crippen LogP contribution in [0.5, 0.6) is 0 Å². The van der Waals surface area contributed by atoms with Crippen molar-refractivity contribution >= 4 is 5.96 Å². The summed E-state index contributed by atoms with van der Waals surface area (Å²) in [5, 5.41) is 3.53. The minimum atomic E-state index is 0.711. The zero-order chi connectivity index (χ0) is 11.5. The molecule has 0 bridgehead atoms. The highest BCUT2D eigenvalue weighted by Gasteiger charge is 2.29. The SMILES string of the molecule is CN=C(NC1CC1)N1CCC(CC(C)C)C1. The van der Waals surface area contributed by atoms with Crippen molar-refractivity contribution in [2.75, 3.05) is 20.1 Å². The van der Waals surface area contributed by atoms with Gasteiger partial charge >= 0.3 is 0 Å². The first kappa shape index (κ1) is 11.7. The molecule has 2 aliphatic rings. The van der Waals surface area contributed by atoms with Crippen LogP contribution in [0, 0.1) is 11.8 Å². The van der Waals surface area contributed by atoms with E-state index in [4.69, 9.17) is 0 Å². The molecule has 1 unspecified atom stereocenters. The summed E-state index contributed by atoms with van der Waals surface area (Å²) in [4.78, 5) is 6.83. The number of hydrogen-bond acceptors (Lipinski definition) is 1. The van der Waals surface area contributed by atoms with Crippen LogP contribution in [0.3, 0.4) is 0 Å². The van der Waals surface area contributed by atoms with Gasteiger partial charge in [-0.05, 0) is 37.5 Å². The molecule has 1 saturated carbocycles. The van der Waals surface area contributed by atoms with Crippen LogP contribution < -0.4 is 5.32 Å². The van der Waals surface area contributed by atoms with Crippen molar-refractivity contribution in [2.45, 2.75) is 45.6 Å². The molecule has 3 heteroatoms. The Balaban J connectivity index is 1.81. The molecule has 1 N–H and O–H groups in total. The van der Waals surface area contributed by atoms with E-state index in [1.165, 1.54) is 38.8 Å². The highest BCUT2D eigenvalue weighted by atomic mass is 15.3. The van der Waals surface area contributed by atoms with Crippen molar-refractivity contribution in [1.29, 1.82) is 0 Å². The molecule has 0 aromatic rings. The van der Waals surface area contributed by atoms with E-state index in [1.54, 1.807) is 0 Å². The van der Waals surface area contributed by atoms with E-state index in [9.17, 15) is 0 Å². The molecule has 0 spiro atoms. The molecule has 0 amide bonds. The Kier molecular flexibility index (Phi) is 3.72. The first-order valence-electron chi connectivity index (χ1n) is 6.67. The highest BCUT2D eigenvalue weighted by Crippen LogP contribution is 2.24. The lowest BCUT2D eigenvalue weighted by atomic mass is 9.97. The van der Waals surface area contributed by atoms with Gasteiger partial charge in [0.15, 0.2) is 5.96 Å². The Morgan fingerprint density at radius 2 is 2.12 bits per heavy atom. The second-order valence-corrected chi connectivity index (χ2v) is 5.70. The summed E-state index contributed by atoms with van der Waals surface area (Å²) in [7, 11) is 1.90. The van der Waals surface area contributed by atoms with Crippen molar-refractivity contribution in [3.05, 3.63) is 0 Å². The molecule has 0 aromatic carbocycles. The monoisotopic (exact) mass is 223 g/mol. The van der Waals surface area contributed by atoms with E-state index in [2.05, 4.69) is 29.1 Å². The van der Waals surface area contributed by atoms with Crippen molar-refractivity contribution in [3.63, 3.8) is 0 Å². The third-order valence-corrected chi connectivity index (χ3v) is 3.51. The van der Waals surface area contributed by atoms with Crippen LogP contribution in [-0.4, -0.2) is 37.0 Å². The van der Waals surface area contributed by atoms with E-state index in [0.29, 0.717) is 6.04 Å². The summed E-state index contributed by atoms with van der Waals surface area (Å²) in [6.07, 6.45) is 5.34. The zero-order valence-electron chi connectivity index (χ0n) is 10.9. The van der Waals surface area contributed by atoms with Gasteiger partial charge in [-0.25, -0.2) is 0 Å². The van der Waals surface area contributed by atoms with E-state index in [1.807, 2.05) is 7.05 Å². The van der Waals surface area contributed by atoms with E-state index < -0.39 is 0 Å². The molecule has 2 fully saturated rings. The van der Waals surface area contributed by atoms with Crippen LogP contribution in [0.4, 0.5) is 0 Å². The summed E-state index contributed by atoms with van der Waals surface area (Å²) in [5.74, 6) is 2.83. The average Bonchev–Trinajstić information content (AvgIpc) is 2.94. The van der Waals surface area contributed by atoms with Gasteiger partial charge in [-0.15, -0.1) is 0 Å². The lowest BCUT2D eigenvalue weighted by Gasteiger charge is -2.22. The van der Waals surface area contributed by atoms with Gasteiger partial charge in [0.05, 0.1) is 0 Å². The smallest absolute Gasteiger partial charge is 0.193 e. The average molecular weight is 223 g/mol. The molecule has 1 heterocycles. The summed E-state index contributed by atoms with van der Waals surface area (Å²) in [6, 6.07) is 0.711. The fourth-order valence-corrected chi connectivity index (χ4v) is 2.59. The van der Waals surface area contributed by atoms with Crippen LogP contribution in [-0.2, 0) is 0 Å². The molecule has 1 saturated heterocycles. The lowest BCUT2D eigenvalue weighted by molar-refractivity contribution is 0.403. The van der Waals surface area contributed by atoms with E-state index in [0.717, 1.165) is 17.8 Å². The number of likely N-dealkylation sites (tertiary alicyclic amines) is 1. The standard InChI is InChI=1S/C13H25N3/c1-10(2)8-11-6-7-16(9-11)13(14-3)15-12-4-5-12/h10-12H,4-9H2,1-3H3,(H,14,15). The van der Waals surface area contributed by atoms with Crippen molar-refractivity contribution in [3.8, 4) is 0 Å². The van der Waals surface area contributed by atoms with Crippen molar-refractivity contribution in [2.24, 2.45) is 16.8 Å². The molecular formula is C13H25N3. The van der Waals surface area contributed by atoms with E-state index >= 15 is 0 Å². The molecule has 92 valence electrons. The van der Waals surface area contributed by atoms with Crippen LogP contribution >= 0.6 is 0 Å². The van der Waals surface area contributed by atoms with Gasteiger partial charge in [-0.1, -0.05) is 13.8 Å². The summed E-state index contributed by atoms with van der Waals surface area (Å²) in [6.45, 7) is 7.02. The Morgan fingerprint density at radius 3 is 2.69 bits per heavy atom. The van der Waals surface area contributed by atoms with Crippen LogP contribution in [0.25, 0.3) is 0 Å². The van der Waals surface area contributed by atoms with Gasteiger partial charge < -0.3 is 10.2 Å². The van der Waals surface area contributed by atoms with Gasteiger partial charge in [-0.3, -0.25) is 4.99 Å². The van der Waals surface area contributed by atoms with E-state index in [-0.39, 0.29) is 0 Å². The summed E-state index contributed by atoms with van der Waals surface area (Å²) in [5.41, 5.74) is 0. The Labute approximate surface area is 99.3 Å². The second-order valence-electron chi connectivity index (χ2n) is 5.70. The molecule has 0 radical (unpaired) electrons. The minimum absolute atomic E-state index is 0.711. The number of nitrogens with zero attached hydrogens (tertiary/aromatic N) is 2. The van der Waals surface area contributed by atoms with Gasteiger partial charge in [0.25, 0.3) is 0 Å². The van der Waals surface area contributed by atoms with Gasteiger partial charge in [-0.2, -0.15) is 0 Å². The molecule has 3 nitrogen and oxygen atoms in total. The zero-order valence-corrected chi connectivity index (χ0v) is 10.9. The number of hydrogen-bond donors (Lipinski definition) is 1. The first-order chi connectivity index (χ1) is 7.69.